The highest BCUT2D eigenvalue weighted by Gasteiger charge is 2.25. The lowest BCUT2D eigenvalue weighted by Gasteiger charge is -2.38. The molecule has 1 aromatic rings. The van der Waals surface area contributed by atoms with E-state index in [2.05, 4.69) is 58.2 Å². The third-order valence-corrected chi connectivity index (χ3v) is 4.61. The predicted octanol–water partition coefficient (Wildman–Crippen LogP) is 3.47. The number of aliphatic hydroxyl groups excluding tert-OH is 1. The van der Waals surface area contributed by atoms with Gasteiger partial charge in [0, 0.05) is 22.7 Å². The molecular weight excluding hydrogens is 316 g/mol. The van der Waals surface area contributed by atoms with Gasteiger partial charge < -0.3 is 15.3 Å². The van der Waals surface area contributed by atoms with E-state index in [0.29, 0.717) is 6.04 Å². The molecule has 2 N–H and O–H groups in total. The Balaban J connectivity index is 2.33. The normalized spacial score (nSPS) is 21.0. The minimum absolute atomic E-state index is 0.241. The lowest BCUT2D eigenvalue weighted by Crippen LogP contribution is -2.42. The van der Waals surface area contributed by atoms with Crippen molar-refractivity contribution in [3.05, 3.63) is 28.2 Å². The zero-order valence-electron chi connectivity index (χ0n) is 12.4. The number of rotatable bonds is 5. The van der Waals surface area contributed by atoms with E-state index in [4.69, 9.17) is 0 Å². The lowest BCUT2D eigenvalue weighted by molar-refractivity contribution is 0.240. The molecule has 2 rings (SSSR count). The Kier molecular flexibility index (Phi) is 5.87. The van der Waals surface area contributed by atoms with Crippen LogP contribution in [0.15, 0.2) is 22.7 Å². The lowest BCUT2D eigenvalue weighted by atomic mass is 9.98. The van der Waals surface area contributed by atoms with E-state index in [9.17, 15) is 5.11 Å². The third kappa shape index (κ3) is 3.54. The molecule has 4 heteroatoms. The smallest absolute Gasteiger partial charge is 0.0635 e. The second kappa shape index (κ2) is 7.43. The maximum absolute atomic E-state index is 9.64. The van der Waals surface area contributed by atoms with E-state index < -0.39 is 0 Å². The summed E-state index contributed by atoms with van der Waals surface area (Å²) in [5, 5.41) is 13.1. The Morgan fingerprint density at radius 3 is 2.95 bits per heavy atom. The molecule has 2 unspecified atom stereocenters. The fourth-order valence-electron chi connectivity index (χ4n) is 3.06. The average Bonchev–Trinajstić information content (AvgIpc) is 2.47. The zero-order valence-corrected chi connectivity index (χ0v) is 14.0. The standard InChI is InChI=1S/C16H25BrN2O/c1-3-18-12(2)15-10-13(17)7-8-16(15)19-9-5-4-6-14(19)11-20/h7-8,10,12,14,18,20H,3-6,9,11H2,1-2H3. The zero-order chi connectivity index (χ0) is 14.5. The second-order valence-electron chi connectivity index (χ2n) is 5.51. The summed E-state index contributed by atoms with van der Waals surface area (Å²) in [5.41, 5.74) is 2.57. The van der Waals surface area contributed by atoms with Gasteiger partial charge in [-0.2, -0.15) is 0 Å². The Hall–Kier alpha value is -0.580. The molecule has 1 aliphatic rings. The largest absolute Gasteiger partial charge is 0.394 e. The van der Waals surface area contributed by atoms with Crippen LogP contribution < -0.4 is 10.2 Å². The average molecular weight is 341 g/mol. The monoisotopic (exact) mass is 340 g/mol. The van der Waals surface area contributed by atoms with Gasteiger partial charge >= 0.3 is 0 Å². The van der Waals surface area contributed by atoms with E-state index in [1.54, 1.807) is 0 Å². The van der Waals surface area contributed by atoms with Gasteiger partial charge in [0.15, 0.2) is 0 Å². The van der Waals surface area contributed by atoms with Crippen LogP contribution in [0.5, 0.6) is 0 Å². The SMILES string of the molecule is CCNC(C)c1cc(Br)ccc1N1CCCCC1CO. The summed E-state index contributed by atoms with van der Waals surface area (Å²) in [7, 11) is 0. The Labute approximate surface area is 130 Å². The summed E-state index contributed by atoms with van der Waals surface area (Å²) >= 11 is 3.58. The van der Waals surface area contributed by atoms with Crippen LogP contribution in [-0.2, 0) is 0 Å². The minimum atomic E-state index is 0.241. The van der Waals surface area contributed by atoms with Crippen molar-refractivity contribution in [3.8, 4) is 0 Å². The summed E-state index contributed by atoms with van der Waals surface area (Å²) < 4.78 is 1.11. The first-order valence-corrected chi connectivity index (χ1v) is 8.37. The van der Waals surface area contributed by atoms with Crippen molar-refractivity contribution in [1.29, 1.82) is 0 Å². The molecule has 2 atom stereocenters. The molecule has 0 radical (unpaired) electrons. The summed E-state index contributed by atoms with van der Waals surface area (Å²) in [4.78, 5) is 2.39. The van der Waals surface area contributed by atoms with Gasteiger partial charge in [-0.1, -0.05) is 22.9 Å². The molecule has 1 heterocycles. The first-order valence-electron chi connectivity index (χ1n) is 7.57. The molecule has 1 fully saturated rings. The van der Waals surface area contributed by atoms with Crippen LogP contribution in [0.1, 0.15) is 44.7 Å². The number of anilines is 1. The maximum atomic E-state index is 9.64. The fourth-order valence-corrected chi connectivity index (χ4v) is 3.44. The van der Waals surface area contributed by atoms with E-state index in [1.807, 2.05) is 0 Å². The molecule has 0 spiro atoms. The molecule has 20 heavy (non-hydrogen) atoms. The van der Waals surface area contributed by atoms with Crippen molar-refractivity contribution >= 4 is 21.6 Å². The Bertz CT molecular complexity index is 438. The highest BCUT2D eigenvalue weighted by molar-refractivity contribution is 9.10. The van der Waals surface area contributed by atoms with Gasteiger partial charge in [-0.05, 0) is 56.5 Å². The van der Waals surface area contributed by atoms with Crippen molar-refractivity contribution < 1.29 is 5.11 Å². The van der Waals surface area contributed by atoms with E-state index in [-0.39, 0.29) is 12.6 Å². The first kappa shape index (κ1) is 15.8. The van der Waals surface area contributed by atoms with Gasteiger partial charge in [0.2, 0.25) is 0 Å². The van der Waals surface area contributed by atoms with Gasteiger partial charge in [-0.15, -0.1) is 0 Å². The van der Waals surface area contributed by atoms with Crippen molar-refractivity contribution in [2.24, 2.45) is 0 Å². The topological polar surface area (TPSA) is 35.5 Å². The quantitative estimate of drug-likeness (QED) is 0.861. The molecule has 0 aliphatic carbocycles. The fraction of sp³-hybridized carbons (Fsp3) is 0.625. The van der Waals surface area contributed by atoms with Crippen LogP contribution in [0.2, 0.25) is 0 Å². The molecular formula is C16H25BrN2O. The Morgan fingerprint density at radius 1 is 1.45 bits per heavy atom. The van der Waals surface area contributed by atoms with Crippen LogP contribution in [0.25, 0.3) is 0 Å². The minimum Gasteiger partial charge on any atom is -0.394 e. The molecule has 1 aliphatic heterocycles. The number of hydrogen-bond donors (Lipinski definition) is 2. The Morgan fingerprint density at radius 2 is 2.25 bits per heavy atom. The maximum Gasteiger partial charge on any atom is 0.0635 e. The molecule has 112 valence electrons. The number of hydrogen-bond acceptors (Lipinski definition) is 3. The summed E-state index contributed by atoms with van der Waals surface area (Å²) in [6, 6.07) is 7.05. The number of nitrogens with one attached hydrogen (secondary N) is 1. The molecule has 1 saturated heterocycles. The van der Waals surface area contributed by atoms with Crippen molar-refractivity contribution in [2.45, 2.75) is 45.2 Å². The predicted molar refractivity (Wildman–Crippen MR) is 88.3 cm³/mol. The van der Waals surface area contributed by atoms with Gasteiger partial charge in [0.25, 0.3) is 0 Å². The number of piperidine rings is 1. The highest BCUT2D eigenvalue weighted by Crippen LogP contribution is 2.33. The number of nitrogens with zero attached hydrogens (tertiary/aromatic N) is 1. The van der Waals surface area contributed by atoms with Crippen molar-refractivity contribution in [3.63, 3.8) is 0 Å². The molecule has 3 nitrogen and oxygen atoms in total. The van der Waals surface area contributed by atoms with Gasteiger partial charge in [-0.3, -0.25) is 0 Å². The third-order valence-electron chi connectivity index (χ3n) is 4.11. The van der Waals surface area contributed by atoms with Gasteiger partial charge in [0.1, 0.15) is 0 Å². The first-order chi connectivity index (χ1) is 9.67. The van der Waals surface area contributed by atoms with E-state index in [1.165, 1.54) is 24.1 Å². The summed E-state index contributed by atoms with van der Waals surface area (Å²) in [5.74, 6) is 0. The summed E-state index contributed by atoms with van der Waals surface area (Å²) in [6.07, 6.45) is 3.51. The molecule has 1 aromatic carbocycles. The van der Waals surface area contributed by atoms with E-state index >= 15 is 0 Å². The van der Waals surface area contributed by atoms with Crippen molar-refractivity contribution in [2.75, 3.05) is 24.6 Å². The van der Waals surface area contributed by atoms with E-state index in [0.717, 1.165) is 24.0 Å². The number of aliphatic hydroxyl groups is 1. The highest BCUT2D eigenvalue weighted by atomic mass is 79.9. The van der Waals surface area contributed by atoms with Crippen LogP contribution >= 0.6 is 15.9 Å². The van der Waals surface area contributed by atoms with Gasteiger partial charge in [-0.25, -0.2) is 0 Å². The molecule has 0 bridgehead atoms. The van der Waals surface area contributed by atoms with Crippen LogP contribution in [0.4, 0.5) is 5.69 Å². The molecule has 0 aromatic heterocycles. The van der Waals surface area contributed by atoms with Crippen molar-refractivity contribution in [1.82, 2.24) is 5.32 Å². The van der Waals surface area contributed by atoms with Crippen LogP contribution in [-0.4, -0.2) is 30.8 Å². The van der Waals surface area contributed by atoms with Crippen LogP contribution in [0.3, 0.4) is 0 Å². The molecule has 0 saturated carbocycles. The molecule has 0 amide bonds. The number of benzene rings is 1. The number of halogens is 1. The van der Waals surface area contributed by atoms with Crippen LogP contribution in [0, 0.1) is 0 Å². The second-order valence-corrected chi connectivity index (χ2v) is 6.42. The van der Waals surface area contributed by atoms with Gasteiger partial charge in [0.05, 0.1) is 12.6 Å². The summed E-state index contributed by atoms with van der Waals surface area (Å²) in [6.45, 7) is 6.57.